The zero-order valence-electron chi connectivity index (χ0n) is 12.3. The van der Waals surface area contributed by atoms with Gasteiger partial charge in [-0.3, -0.25) is 0 Å². The van der Waals surface area contributed by atoms with Crippen molar-refractivity contribution in [1.82, 2.24) is 9.88 Å². The number of methoxy groups -OCH3 is 1. The van der Waals surface area contributed by atoms with Crippen molar-refractivity contribution >= 4 is 11.8 Å². The van der Waals surface area contributed by atoms with Crippen molar-refractivity contribution in [3.05, 3.63) is 23.4 Å². The van der Waals surface area contributed by atoms with Crippen LogP contribution in [0, 0.1) is 6.92 Å². The molecule has 2 heterocycles. The zero-order chi connectivity index (χ0) is 14.4. The van der Waals surface area contributed by atoms with Gasteiger partial charge in [-0.25, -0.2) is 9.78 Å². The topological polar surface area (TPSA) is 54.5 Å². The number of esters is 1. The molecule has 1 fully saturated rings. The first-order valence-electron chi connectivity index (χ1n) is 7.23. The minimum Gasteiger partial charge on any atom is -0.465 e. The van der Waals surface area contributed by atoms with Crippen LogP contribution in [-0.2, 0) is 4.74 Å². The molecule has 0 aromatic carbocycles. The number of rotatable bonds is 6. The SMILES string of the molecule is COC(=O)c1ccc(NCCCN2CCCC2)nc1C. The van der Waals surface area contributed by atoms with Crippen molar-refractivity contribution in [2.75, 3.05) is 38.6 Å². The van der Waals surface area contributed by atoms with Gasteiger partial charge in [-0.2, -0.15) is 0 Å². The summed E-state index contributed by atoms with van der Waals surface area (Å²) >= 11 is 0. The van der Waals surface area contributed by atoms with Crippen LogP contribution < -0.4 is 5.32 Å². The largest absolute Gasteiger partial charge is 0.465 e. The smallest absolute Gasteiger partial charge is 0.339 e. The first-order chi connectivity index (χ1) is 9.70. The molecule has 0 bridgehead atoms. The number of hydrogen-bond acceptors (Lipinski definition) is 5. The normalized spacial score (nSPS) is 15.3. The van der Waals surface area contributed by atoms with E-state index in [0.29, 0.717) is 11.3 Å². The van der Waals surface area contributed by atoms with Gasteiger partial charge in [-0.15, -0.1) is 0 Å². The maximum Gasteiger partial charge on any atom is 0.339 e. The highest BCUT2D eigenvalue weighted by molar-refractivity contribution is 5.90. The van der Waals surface area contributed by atoms with Crippen molar-refractivity contribution in [2.45, 2.75) is 26.2 Å². The van der Waals surface area contributed by atoms with Crippen molar-refractivity contribution in [1.29, 1.82) is 0 Å². The third-order valence-electron chi connectivity index (χ3n) is 3.65. The molecular weight excluding hydrogens is 254 g/mol. The summed E-state index contributed by atoms with van der Waals surface area (Å²) < 4.78 is 4.71. The van der Waals surface area contributed by atoms with E-state index in [1.54, 1.807) is 6.07 Å². The molecule has 5 heteroatoms. The van der Waals surface area contributed by atoms with Gasteiger partial charge >= 0.3 is 5.97 Å². The maximum atomic E-state index is 11.5. The van der Waals surface area contributed by atoms with Crippen molar-refractivity contribution in [3.8, 4) is 0 Å². The molecule has 0 spiro atoms. The van der Waals surface area contributed by atoms with E-state index in [1.807, 2.05) is 13.0 Å². The highest BCUT2D eigenvalue weighted by Gasteiger charge is 2.11. The number of ether oxygens (including phenoxy) is 1. The van der Waals surface area contributed by atoms with Crippen molar-refractivity contribution in [2.24, 2.45) is 0 Å². The Labute approximate surface area is 120 Å². The number of aromatic nitrogens is 1. The van der Waals surface area contributed by atoms with Gasteiger partial charge in [-0.1, -0.05) is 0 Å². The third-order valence-corrected chi connectivity index (χ3v) is 3.65. The Bertz CT molecular complexity index is 456. The van der Waals surface area contributed by atoms with Crippen molar-refractivity contribution < 1.29 is 9.53 Å². The molecule has 0 radical (unpaired) electrons. The molecule has 0 atom stereocenters. The number of nitrogens with one attached hydrogen (secondary N) is 1. The Morgan fingerprint density at radius 3 is 2.80 bits per heavy atom. The van der Waals surface area contributed by atoms with Crippen LogP contribution in [0.25, 0.3) is 0 Å². The first kappa shape index (κ1) is 14.8. The average Bonchev–Trinajstić information content (AvgIpc) is 2.96. The number of likely N-dealkylation sites (tertiary alicyclic amines) is 1. The molecule has 0 aliphatic carbocycles. The lowest BCUT2D eigenvalue weighted by Gasteiger charge is -2.14. The molecule has 20 heavy (non-hydrogen) atoms. The molecule has 1 aliphatic heterocycles. The molecule has 0 saturated carbocycles. The van der Waals surface area contributed by atoms with E-state index in [9.17, 15) is 4.79 Å². The first-order valence-corrected chi connectivity index (χ1v) is 7.23. The number of pyridine rings is 1. The van der Waals surface area contributed by atoms with Crippen LogP contribution in [0.1, 0.15) is 35.3 Å². The number of nitrogens with zero attached hydrogens (tertiary/aromatic N) is 2. The van der Waals surface area contributed by atoms with Gasteiger partial charge in [-0.05, 0) is 58.0 Å². The number of aryl methyl sites for hydroxylation is 1. The van der Waals surface area contributed by atoms with Crippen LogP contribution in [0.3, 0.4) is 0 Å². The van der Waals surface area contributed by atoms with Gasteiger partial charge in [0.1, 0.15) is 5.82 Å². The summed E-state index contributed by atoms with van der Waals surface area (Å²) in [4.78, 5) is 18.4. The molecule has 1 aromatic heterocycles. The number of carbonyl (C=O) groups is 1. The summed E-state index contributed by atoms with van der Waals surface area (Å²) in [7, 11) is 1.38. The summed E-state index contributed by atoms with van der Waals surface area (Å²) in [5.74, 6) is 0.479. The fourth-order valence-electron chi connectivity index (χ4n) is 2.51. The third kappa shape index (κ3) is 3.93. The van der Waals surface area contributed by atoms with E-state index in [1.165, 1.54) is 33.0 Å². The lowest BCUT2D eigenvalue weighted by molar-refractivity contribution is 0.0599. The molecule has 5 nitrogen and oxygen atoms in total. The van der Waals surface area contributed by atoms with E-state index in [-0.39, 0.29) is 5.97 Å². The summed E-state index contributed by atoms with van der Waals surface area (Å²) in [6.45, 7) is 6.35. The Morgan fingerprint density at radius 1 is 1.40 bits per heavy atom. The minimum atomic E-state index is -0.337. The van der Waals surface area contributed by atoms with Gasteiger partial charge in [0.25, 0.3) is 0 Å². The van der Waals surface area contributed by atoms with Crippen molar-refractivity contribution in [3.63, 3.8) is 0 Å². The second kappa shape index (κ2) is 7.24. The number of carbonyl (C=O) groups excluding carboxylic acids is 1. The summed E-state index contributed by atoms with van der Waals surface area (Å²) in [6, 6.07) is 3.59. The highest BCUT2D eigenvalue weighted by Crippen LogP contribution is 2.12. The van der Waals surface area contributed by atoms with Crippen LogP contribution in [0.4, 0.5) is 5.82 Å². The fraction of sp³-hybridized carbons (Fsp3) is 0.600. The second-order valence-corrected chi connectivity index (χ2v) is 5.15. The fourth-order valence-corrected chi connectivity index (χ4v) is 2.51. The van der Waals surface area contributed by atoms with E-state index in [4.69, 9.17) is 4.74 Å². The van der Waals surface area contributed by atoms with E-state index in [2.05, 4.69) is 15.2 Å². The van der Waals surface area contributed by atoms with E-state index < -0.39 is 0 Å². The van der Waals surface area contributed by atoms with Gasteiger partial charge in [0.2, 0.25) is 0 Å². The van der Waals surface area contributed by atoms with E-state index >= 15 is 0 Å². The Hall–Kier alpha value is -1.62. The van der Waals surface area contributed by atoms with E-state index in [0.717, 1.165) is 25.3 Å². The predicted molar refractivity (Wildman–Crippen MR) is 79.1 cm³/mol. The monoisotopic (exact) mass is 277 g/mol. The molecule has 2 rings (SSSR count). The molecule has 0 amide bonds. The predicted octanol–water partition coefficient (Wildman–Crippen LogP) is 2.07. The summed E-state index contributed by atoms with van der Waals surface area (Å²) in [6.07, 6.45) is 3.78. The standard InChI is InChI=1S/C15H23N3O2/c1-12-13(15(19)20-2)6-7-14(17-12)16-8-5-11-18-9-3-4-10-18/h6-7H,3-5,8-11H2,1-2H3,(H,16,17). The number of anilines is 1. The van der Waals surface area contributed by atoms with Gasteiger partial charge in [0.05, 0.1) is 18.4 Å². The molecule has 110 valence electrons. The van der Waals surface area contributed by atoms with Gasteiger partial charge < -0.3 is 15.0 Å². The average molecular weight is 277 g/mol. The zero-order valence-corrected chi connectivity index (χ0v) is 12.3. The van der Waals surface area contributed by atoms with Crippen LogP contribution in [0.15, 0.2) is 12.1 Å². The highest BCUT2D eigenvalue weighted by atomic mass is 16.5. The molecular formula is C15H23N3O2. The Kier molecular flexibility index (Phi) is 5.35. The quantitative estimate of drug-likeness (QED) is 0.637. The van der Waals surface area contributed by atoms with Crippen LogP contribution >= 0.6 is 0 Å². The lowest BCUT2D eigenvalue weighted by Crippen LogP contribution is -2.22. The van der Waals surface area contributed by atoms with Crippen LogP contribution in [-0.4, -0.2) is 49.1 Å². The summed E-state index contributed by atoms with van der Waals surface area (Å²) in [5.41, 5.74) is 1.22. The Morgan fingerprint density at radius 2 is 2.15 bits per heavy atom. The van der Waals surface area contributed by atoms with Gasteiger partial charge in [0, 0.05) is 6.54 Å². The molecule has 1 aromatic rings. The van der Waals surface area contributed by atoms with Gasteiger partial charge in [0.15, 0.2) is 0 Å². The maximum absolute atomic E-state index is 11.5. The molecule has 1 saturated heterocycles. The van der Waals surface area contributed by atoms with Crippen LogP contribution in [0.2, 0.25) is 0 Å². The van der Waals surface area contributed by atoms with Crippen LogP contribution in [0.5, 0.6) is 0 Å². The lowest BCUT2D eigenvalue weighted by atomic mass is 10.2. The second-order valence-electron chi connectivity index (χ2n) is 5.15. The molecule has 1 N–H and O–H groups in total. The minimum absolute atomic E-state index is 0.337. The summed E-state index contributed by atoms with van der Waals surface area (Å²) in [5, 5.41) is 3.30. The Balaban J connectivity index is 1.78. The molecule has 0 unspecified atom stereocenters. The molecule has 1 aliphatic rings. The number of hydrogen-bond donors (Lipinski definition) is 1.